The standard InChI is InChI=1S/C33H28ClF3N6O6/c1-42-26(16-27(41-42)33(35,36)37)19-4-2-18(3-5-19)14-25(39-28(44)20-6-9-22(10-7-20)38-30(46)47)29(45)43-13-12-32(17-43)23-15-21(34)8-11-24(23)40-31(48)49-32/h2-11,15-16,25,38H,12-14,17H2,1H3,(H,39,44)(H,40,48)(H,46,47)/t25?,32-/m0/s1. The average Bonchev–Trinajstić information content (AvgIpc) is 3.65. The lowest BCUT2D eigenvalue weighted by Gasteiger charge is -2.35. The molecule has 0 saturated carbocycles. The number of likely N-dealkylation sites (tertiary alicyclic amines) is 1. The number of carbonyl (C=O) groups excluding carboxylic acids is 3. The molecule has 4 N–H and O–H groups in total. The van der Waals surface area contributed by atoms with E-state index in [1.807, 2.05) is 0 Å². The van der Waals surface area contributed by atoms with E-state index in [1.54, 1.807) is 42.5 Å². The zero-order valence-electron chi connectivity index (χ0n) is 25.7. The van der Waals surface area contributed by atoms with E-state index in [4.69, 9.17) is 21.4 Å². The van der Waals surface area contributed by atoms with Gasteiger partial charge in [-0.15, -0.1) is 0 Å². The second-order valence-electron chi connectivity index (χ2n) is 11.7. The number of hydrogen-bond acceptors (Lipinski definition) is 6. The third-order valence-electron chi connectivity index (χ3n) is 8.40. The third kappa shape index (κ3) is 7.02. The van der Waals surface area contributed by atoms with Crippen LogP contribution in [0, 0.1) is 0 Å². The number of alkyl halides is 3. The fraction of sp³-hybridized carbons (Fsp3) is 0.242. The van der Waals surface area contributed by atoms with Crippen molar-refractivity contribution in [1.82, 2.24) is 20.0 Å². The largest absolute Gasteiger partial charge is 0.465 e. The molecular weight excluding hydrogens is 669 g/mol. The first-order valence-electron chi connectivity index (χ1n) is 14.9. The third-order valence-corrected chi connectivity index (χ3v) is 8.64. The molecule has 16 heteroatoms. The maximum Gasteiger partial charge on any atom is 0.435 e. The molecule has 1 saturated heterocycles. The Bertz CT molecular complexity index is 1950. The molecule has 3 aromatic carbocycles. The minimum atomic E-state index is -4.61. The Morgan fingerprint density at radius 1 is 1.08 bits per heavy atom. The molecule has 1 fully saturated rings. The molecule has 1 spiro atoms. The number of carbonyl (C=O) groups is 4. The SMILES string of the molecule is Cn1nc(C(F)(F)F)cc1-c1ccc(CC(NC(=O)c2ccc(NC(=O)O)cc2)C(=O)N2CC[C@@]3(C2)OC(=O)Nc2ccc(Cl)cc23)cc1. The van der Waals surface area contributed by atoms with E-state index in [9.17, 15) is 32.3 Å². The topological polar surface area (TPSA) is 155 Å². The van der Waals surface area contributed by atoms with Crippen molar-refractivity contribution in [3.63, 3.8) is 0 Å². The van der Waals surface area contributed by atoms with E-state index in [0.717, 1.165) is 10.7 Å². The highest BCUT2D eigenvalue weighted by Gasteiger charge is 2.49. The second kappa shape index (κ2) is 12.8. The van der Waals surface area contributed by atoms with E-state index in [0.29, 0.717) is 27.4 Å². The van der Waals surface area contributed by atoms with Crippen LogP contribution in [0.15, 0.2) is 72.8 Å². The zero-order valence-corrected chi connectivity index (χ0v) is 26.4. The van der Waals surface area contributed by atoms with Crippen molar-refractivity contribution in [2.45, 2.75) is 30.7 Å². The van der Waals surface area contributed by atoms with E-state index >= 15 is 0 Å². The highest BCUT2D eigenvalue weighted by atomic mass is 35.5. The fourth-order valence-electron chi connectivity index (χ4n) is 6.06. The number of hydrogen-bond donors (Lipinski definition) is 4. The number of aryl methyl sites for hydroxylation is 1. The van der Waals surface area contributed by atoms with Crippen LogP contribution >= 0.6 is 11.6 Å². The maximum absolute atomic E-state index is 14.1. The summed E-state index contributed by atoms with van der Waals surface area (Å²) in [5.41, 5.74) is 0.633. The Morgan fingerprint density at radius 3 is 2.45 bits per heavy atom. The molecule has 0 aliphatic carbocycles. The van der Waals surface area contributed by atoms with Crippen molar-refractivity contribution in [3.05, 3.63) is 100 Å². The summed E-state index contributed by atoms with van der Waals surface area (Å²) in [4.78, 5) is 52.5. The van der Waals surface area contributed by atoms with Gasteiger partial charge in [-0.2, -0.15) is 18.3 Å². The lowest BCUT2D eigenvalue weighted by molar-refractivity contribution is -0.141. The lowest BCUT2D eigenvalue weighted by Crippen LogP contribution is -2.50. The van der Waals surface area contributed by atoms with Crippen molar-refractivity contribution in [3.8, 4) is 11.3 Å². The zero-order chi connectivity index (χ0) is 35.1. The van der Waals surface area contributed by atoms with Crippen molar-refractivity contribution in [1.29, 1.82) is 0 Å². The molecule has 49 heavy (non-hydrogen) atoms. The highest BCUT2D eigenvalue weighted by Crippen LogP contribution is 2.44. The molecule has 2 atom stereocenters. The van der Waals surface area contributed by atoms with Crippen molar-refractivity contribution in [2.75, 3.05) is 23.7 Å². The number of aromatic nitrogens is 2. The number of nitrogens with zero attached hydrogens (tertiary/aromatic N) is 3. The Morgan fingerprint density at radius 2 is 1.80 bits per heavy atom. The quantitative estimate of drug-likeness (QED) is 0.188. The Hall–Kier alpha value is -5.57. The number of nitrogens with one attached hydrogen (secondary N) is 3. The first-order valence-corrected chi connectivity index (χ1v) is 15.3. The van der Waals surface area contributed by atoms with Crippen LogP contribution in [-0.4, -0.2) is 62.9 Å². The molecule has 6 rings (SSSR count). The van der Waals surface area contributed by atoms with Crippen LogP contribution in [0.4, 0.5) is 34.1 Å². The van der Waals surface area contributed by atoms with Crippen LogP contribution in [0.25, 0.3) is 11.3 Å². The van der Waals surface area contributed by atoms with Crippen LogP contribution in [0.1, 0.15) is 33.6 Å². The molecule has 1 unspecified atom stereocenters. The first kappa shape index (κ1) is 33.3. The predicted octanol–water partition coefficient (Wildman–Crippen LogP) is 5.88. The van der Waals surface area contributed by atoms with Gasteiger partial charge in [-0.05, 0) is 59.7 Å². The molecule has 2 aliphatic rings. The Kier molecular flexibility index (Phi) is 8.71. The summed E-state index contributed by atoms with van der Waals surface area (Å²) in [5.74, 6) is -1.07. The van der Waals surface area contributed by atoms with Gasteiger partial charge in [0, 0.05) is 48.3 Å². The highest BCUT2D eigenvalue weighted by molar-refractivity contribution is 6.30. The van der Waals surface area contributed by atoms with Gasteiger partial charge in [0.25, 0.3) is 5.91 Å². The number of carboxylic acid groups (broad SMARTS) is 1. The smallest absolute Gasteiger partial charge is 0.435 e. The maximum atomic E-state index is 14.1. The number of amides is 4. The van der Waals surface area contributed by atoms with Gasteiger partial charge in [-0.1, -0.05) is 35.9 Å². The normalized spacial score (nSPS) is 17.6. The van der Waals surface area contributed by atoms with Gasteiger partial charge in [0.05, 0.1) is 17.9 Å². The van der Waals surface area contributed by atoms with Gasteiger partial charge in [0.1, 0.15) is 6.04 Å². The van der Waals surface area contributed by atoms with E-state index in [2.05, 4.69) is 21.0 Å². The van der Waals surface area contributed by atoms with Gasteiger partial charge in [-0.3, -0.25) is 24.9 Å². The molecule has 1 aromatic heterocycles. The van der Waals surface area contributed by atoms with Crippen LogP contribution in [0.3, 0.4) is 0 Å². The number of fused-ring (bicyclic) bond motifs is 2. The molecule has 4 aromatic rings. The average molecular weight is 697 g/mol. The van der Waals surface area contributed by atoms with Gasteiger partial charge >= 0.3 is 18.4 Å². The van der Waals surface area contributed by atoms with Crippen LogP contribution in [0.5, 0.6) is 0 Å². The molecule has 4 amide bonds. The number of benzene rings is 3. The van der Waals surface area contributed by atoms with Crippen molar-refractivity contribution in [2.24, 2.45) is 7.05 Å². The van der Waals surface area contributed by atoms with Gasteiger partial charge < -0.3 is 20.1 Å². The summed E-state index contributed by atoms with van der Waals surface area (Å²) in [6.45, 7) is 0.191. The number of halogens is 4. The first-order chi connectivity index (χ1) is 23.2. The van der Waals surface area contributed by atoms with E-state index < -0.39 is 47.5 Å². The number of rotatable bonds is 7. The Balaban J connectivity index is 1.26. The van der Waals surface area contributed by atoms with E-state index in [1.165, 1.54) is 36.2 Å². The number of anilines is 2. The summed E-state index contributed by atoms with van der Waals surface area (Å²) in [7, 11) is 1.40. The molecule has 12 nitrogen and oxygen atoms in total. The minimum absolute atomic E-state index is 0.00448. The monoisotopic (exact) mass is 696 g/mol. The van der Waals surface area contributed by atoms with Crippen LogP contribution in [-0.2, 0) is 34.8 Å². The molecule has 2 aliphatic heterocycles. The Labute approximate surface area is 281 Å². The van der Waals surface area contributed by atoms with Crippen molar-refractivity contribution >= 4 is 47.0 Å². The molecule has 0 bridgehead atoms. The summed E-state index contributed by atoms with van der Waals surface area (Å²) in [6.07, 6.45) is -6.27. The van der Waals surface area contributed by atoms with Crippen LogP contribution in [0.2, 0.25) is 5.02 Å². The van der Waals surface area contributed by atoms with Gasteiger partial charge in [-0.25, -0.2) is 9.59 Å². The molecule has 3 heterocycles. The second-order valence-corrected chi connectivity index (χ2v) is 12.1. The van der Waals surface area contributed by atoms with Crippen molar-refractivity contribution < 1.29 is 42.2 Å². The summed E-state index contributed by atoms with van der Waals surface area (Å²) >= 11 is 6.26. The lowest BCUT2D eigenvalue weighted by atomic mass is 9.90. The van der Waals surface area contributed by atoms with E-state index in [-0.39, 0.29) is 42.9 Å². The predicted molar refractivity (Wildman–Crippen MR) is 171 cm³/mol. The summed E-state index contributed by atoms with van der Waals surface area (Å²) in [5, 5.41) is 20.5. The fourth-order valence-corrected chi connectivity index (χ4v) is 6.23. The summed E-state index contributed by atoms with van der Waals surface area (Å²) < 4.78 is 46.6. The summed E-state index contributed by atoms with van der Waals surface area (Å²) in [6, 6.07) is 16.9. The minimum Gasteiger partial charge on any atom is -0.465 e. The van der Waals surface area contributed by atoms with Gasteiger partial charge in [0.2, 0.25) is 5.91 Å². The van der Waals surface area contributed by atoms with Crippen LogP contribution < -0.4 is 16.0 Å². The number of ether oxygens (including phenoxy) is 1. The molecule has 0 radical (unpaired) electrons. The molecule has 254 valence electrons. The molecular formula is C33H28ClF3N6O6. The van der Waals surface area contributed by atoms with Gasteiger partial charge in [0.15, 0.2) is 11.3 Å².